The van der Waals surface area contributed by atoms with Gasteiger partial charge in [0.15, 0.2) is 0 Å². The fraction of sp³-hybridized carbons (Fsp3) is 0.471. The minimum absolute atomic E-state index is 0.105. The second-order valence-corrected chi connectivity index (χ2v) is 12.9. The number of aromatic nitrogens is 2. The summed E-state index contributed by atoms with van der Waals surface area (Å²) < 4.78 is 2.06. The molecule has 0 bridgehead atoms. The summed E-state index contributed by atoms with van der Waals surface area (Å²) in [6.45, 7) is 4.68. The van der Waals surface area contributed by atoms with E-state index in [0.29, 0.717) is 25.1 Å². The summed E-state index contributed by atoms with van der Waals surface area (Å²) in [7, 11) is 0. The van der Waals surface area contributed by atoms with E-state index in [-0.39, 0.29) is 41.8 Å². The number of nitrogens with one attached hydrogen (secondary N) is 2. The number of aliphatic carboxylic acids is 1. The number of anilines is 1. The van der Waals surface area contributed by atoms with E-state index in [0.717, 1.165) is 49.2 Å². The monoisotopic (exact) mass is 583 g/mol. The first-order valence-corrected chi connectivity index (χ1v) is 15.5. The van der Waals surface area contributed by atoms with Gasteiger partial charge in [-0.25, -0.2) is 4.98 Å². The number of carboxylic acids is 1. The lowest BCUT2D eigenvalue weighted by Crippen LogP contribution is -2.50. The Labute approximate surface area is 252 Å². The molecule has 43 heavy (non-hydrogen) atoms. The molecular formula is C34H41N5O4. The summed E-state index contributed by atoms with van der Waals surface area (Å²) in [5, 5.41) is 16.6. The molecule has 2 fully saturated rings. The Balaban J connectivity index is 1.26. The van der Waals surface area contributed by atoms with Gasteiger partial charge in [0.1, 0.15) is 5.82 Å². The van der Waals surface area contributed by atoms with Crippen molar-refractivity contribution in [3.8, 4) is 0 Å². The number of aryl methyl sites for hydroxylation is 1. The standard InChI is InChI=1S/C34H41N5O4/c1-34(2,33(42)43)17-20-38-21-18-35-30(38)28-25-16-19-39(29(25)23-12-6-8-14-26(23)36-28)32(41)24-13-7-9-15-27(24)37-31(40)22-10-4-3-5-11-22/h3-6,8,10-12,14,18,21,24-25,27-29,36H,7,9,13,15-17,19-20H2,1-2H3,(H,37,40)(H,42,43)/t24-,25+,27+,28+,29-/m0/s1. The Morgan fingerprint density at radius 2 is 1.77 bits per heavy atom. The van der Waals surface area contributed by atoms with Crippen LogP contribution in [0.5, 0.6) is 0 Å². The minimum Gasteiger partial charge on any atom is -0.481 e. The van der Waals surface area contributed by atoms with Crippen LogP contribution in [0.4, 0.5) is 5.69 Å². The predicted molar refractivity (Wildman–Crippen MR) is 163 cm³/mol. The number of hydrogen-bond acceptors (Lipinski definition) is 5. The van der Waals surface area contributed by atoms with Crippen molar-refractivity contribution in [2.45, 2.75) is 77.0 Å². The summed E-state index contributed by atoms with van der Waals surface area (Å²) in [5.41, 5.74) is 1.87. The number of imidazole rings is 1. The molecule has 2 aromatic carbocycles. The second kappa shape index (κ2) is 11.9. The molecule has 2 amide bonds. The van der Waals surface area contributed by atoms with E-state index < -0.39 is 11.4 Å². The number of hydrogen-bond donors (Lipinski definition) is 3. The van der Waals surface area contributed by atoms with Gasteiger partial charge in [-0.2, -0.15) is 0 Å². The van der Waals surface area contributed by atoms with E-state index in [1.165, 1.54) is 0 Å². The van der Waals surface area contributed by atoms with Gasteiger partial charge in [0, 0.05) is 48.7 Å². The maximum absolute atomic E-state index is 14.4. The summed E-state index contributed by atoms with van der Waals surface area (Å²) in [5.74, 6) is -0.118. The van der Waals surface area contributed by atoms with Crippen LogP contribution in [0.3, 0.4) is 0 Å². The number of benzene rings is 2. The average molecular weight is 584 g/mol. The van der Waals surface area contributed by atoms with Crippen molar-refractivity contribution >= 4 is 23.5 Å². The predicted octanol–water partition coefficient (Wildman–Crippen LogP) is 5.43. The fourth-order valence-corrected chi connectivity index (χ4v) is 7.18. The van der Waals surface area contributed by atoms with Crippen LogP contribution in [0.15, 0.2) is 67.0 Å². The second-order valence-electron chi connectivity index (χ2n) is 12.9. The number of para-hydroxylation sites is 1. The van der Waals surface area contributed by atoms with Gasteiger partial charge in [0.25, 0.3) is 5.91 Å². The summed E-state index contributed by atoms with van der Waals surface area (Å²) in [6.07, 6.45) is 8.52. The molecule has 2 aliphatic heterocycles. The molecule has 1 saturated heterocycles. The van der Waals surface area contributed by atoms with Crippen molar-refractivity contribution in [3.05, 3.63) is 83.9 Å². The quantitative estimate of drug-likeness (QED) is 0.326. The van der Waals surface area contributed by atoms with Gasteiger partial charge < -0.3 is 25.2 Å². The van der Waals surface area contributed by atoms with Gasteiger partial charge in [0.2, 0.25) is 5.91 Å². The first-order valence-electron chi connectivity index (χ1n) is 15.5. The van der Waals surface area contributed by atoms with Gasteiger partial charge >= 0.3 is 5.97 Å². The van der Waals surface area contributed by atoms with E-state index in [1.807, 2.05) is 36.5 Å². The lowest BCUT2D eigenvalue weighted by Gasteiger charge is -2.41. The molecule has 3 aromatic rings. The summed E-state index contributed by atoms with van der Waals surface area (Å²) >= 11 is 0. The van der Waals surface area contributed by atoms with Gasteiger partial charge in [0.05, 0.1) is 23.4 Å². The number of amides is 2. The number of carbonyl (C=O) groups excluding carboxylic acids is 2. The molecule has 3 heterocycles. The normalized spacial score (nSPS) is 24.9. The van der Waals surface area contributed by atoms with Crippen LogP contribution in [0, 0.1) is 17.3 Å². The maximum atomic E-state index is 14.4. The Morgan fingerprint density at radius 1 is 1.02 bits per heavy atom. The molecule has 9 heteroatoms. The molecular weight excluding hydrogens is 542 g/mol. The van der Waals surface area contributed by atoms with Crippen molar-refractivity contribution in [3.63, 3.8) is 0 Å². The van der Waals surface area contributed by atoms with Crippen molar-refractivity contribution in [2.24, 2.45) is 17.3 Å². The number of rotatable bonds is 8. The molecule has 226 valence electrons. The Morgan fingerprint density at radius 3 is 2.56 bits per heavy atom. The molecule has 1 saturated carbocycles. The molecule has 9 nitrogen and oxygen atoms in total. The first-order chi connectivity index (χ1) is 20.7. The Kier molecular flexibility index (Phi) is 7.99. The van der Waals surface area contributed by atoms with Gasteiger partial charge in [-0.3, -0.25) is 14.4 Å². The minimum atomic E-state index is -0.848. The highest BCUT2D eigenvalue weighted by atomic mass is 16.4. The highest BCUT2D eigenvalue weighted by Crippen LogP contribution is 2.51. The largest absolute Gasteiger partial charge is 0.481 e. The zero-order valence-corrected chi connectivity index (χ0v) is 24.9. The zero-order valence-electron chi connectivity index (χ0n) is 24.9. The van der Waals surface area contributed by atoms with E-state index in [9.17, 15) is 19.5 Å². The Hall–Kier alpha value is -4.14. The molecule has 0 spiro atoms. The molecule has 6 rings (SSSR count). The third-order valence-corrected chi connectivity index (χ3v) is 9.76. The average Bonchev–Trinajstić information content (AvgIpc) is 3.68. The van der Waals surface area contributed by atoms with Crippen LogP contribution in [-0.2, 0) is 16.1 Å². The number of carboxylic acid groups (broad SMARTS) is 1. The zero-order chi connectivity index (χ0) is 30.1. The lowest BCUT2D eigenvalue weighted by molar-refractivity contribution is -0.147. The lowest BCUT2D eigenvalue weighted by atomic mass is 9.80. The van der Waals surface area contributed by atoms with E-state index >= 15 is 0 Å². The van der Waals surface area contributed by atoms with Gasteiger partial charge in [-0.05, 0) is 63.3 Å². The highest BCUT2D eigenvalue weighted by molar-refractivity contribution is 5.95. The van der Waals surface area contributed by atoms with Crippen molar-refractivity contribution in [2.75, 3.05) is 11.9 Å². The van der Waals surface area contributed by atoms with Crippen LogP contribution in [-0.4, -0.2) is 49.9 Å². The molecule has 3 aliphatic rings. The van der Waals surface area contributed by atoms with E-state index in [2.05, 4.69) is 32.2 Å². The SMILES string of the molecule is CC(C)(CCn1ccnc1[C@@H]1Nc2ccccc2[C@H]2[C@@H]1CCN2C(=O)[C@H]1CCCC[C@H]1NC(=O)c1ccccc1)C(=O)O. The molecule has 3 N–H and O–H groups in total. The van der Waals surface area contributed by atoms with Crippen LogP contribution >= 0.6 is 0 Å². The molecule has 5 atom stereocenters. The fourth-order valence-electron chi connectivity index (χ4n) is 7.18. The van der Waals surface area contributed by atoms with Crippen LogP contribution in [0.2, 0.25) is 0 Å². The highest BCUT2D eigenvalue weighted by Gasteiger charge is 2.49. The van der Waals surface area contributed by atoms with E-state index in [1.54, 1.807) is 32.2 Å². The van der Waals surface area contributed by atoms with Crippen molar-refractivity contribution in [1.82, 2.24) is 19.8 Å². The van der Waals surface area contributed by atoms with Crippen LogP contribution < -0.4 is 10.6 Å². The molecule has 1 aromatic heterocycles. The molecule has 1 aliphatic carbocycles. The summed E-state index contributed by atoms with van der Waals surface area (Å²) in [4.78, 5) is 46.0. The number of fused-ring (bicyclic) bond motifs is 3. The topological polar surface area (TPSA) is 117 Å². The maximum Gasteiger partial charge on any atom is 0.309 e. The summed E-state index contributed by atoms with van der Waals surface area (Å²) in [6, 6.07) is 17.0. The van der Waals surface area contributed by atoms with Gasteiger partial charge in [-0.15, -0.1) is 0 Å². The number of nitrogens with zero attached hydrogens (tertiary/aromatic N) is 3. The molecule has 0 radical (unpaired) electrons. The van der Waals surface area contributed by atoms with E-state index in [4.69, 9.17) is 4.98 Å². The third-order valence-electron chi connectivity index (χ3n) is 9.76. The number of carbonyl (C=O) groups is 3. The Bertz CT molecular complexity index is 1480. The molecule has 0 unspecified atom stereocenters. The van der Waals surface area contributed by atoms with Crippen LogP contribution in [0.25, 0.3) is 0 Å². The van der Waals surface area contributed by atoms with Crippen molar-refractivity contribution in [1.29, 1.82) is 0 Å². The number of likely N-dealkylation sites (tertiary alicyclic amines) is 1. The van der Waals surface area contributed by atoms with Gasteiger partial charge in [-0.1, -0.05) is 49.2 Å². The smallest absolute Gasteiger partial charge is 0.309 e. The third kappa shape index (κ3) is 5.65. The first kappa shape index (κ1) is 29.0. The van der Waals surface area contributed by atoms with Crippen molar-refractivity contribution < 1.29 is 19.5 Å². The van der Waals surface area contributed by atoms with Crippen LogP contribution in [0.1, 0.15) is 86.2 Å².